The van der Waals surface area contributed by atoms with E-state index in [1.165, 1.54) is 27.2 Å². The molecule has 0 atom stereocenters. The predicted molar refractivity (Wildman–Crippen MR) is 180 cm³/mol. The van der Waals surface area contributed by atoms with E-state index in [1.807, 2.05) is 12.1 Å². The van der Waals surface area contributed by atoms with Crippen LogP contribution in [0.4, 0.5) is 17.1 Å². The van der Waals surface area contributed by atoms with Crippen molar-refractivity contribution in [3.05, 3.63) is 158 Å². The Balaban J connectivity index is 1.27. The highest BCUT2D eigenvalue weighted by Crippen LogP contribution is 2.41. The van der Waals surface area contributed by atoms with Crippen molar-refractivity contribution in [2.75, 3.05) is 4.90 Å². The van der Waals surface area contributed by atoms with Crippen LogP contribution in [0, 0.1) is 0 Å². The van der Waals surface area contributed by atoms with Crippen LogP contribution < -0.4 is 4.90 Å². The van der Waals surface area contributed by atoms with Gasteiger partial charge in [0.2, 0.25) is 0 Å². The zero-order chi connectivity index (χ0) is 28.3. The summed E-state index contributed by atoms with van der Waals surface area (Å²) in [6.07, 6.45) is 0. The van der Waals surface area contributed by atoms with Gasteiger partial charge in [0.05, 0.1) is 11.0 Å². The first-order valence-corrected chi connectivity index (χ1v) is 14.6. The monoisotopic (exact) mass is 550 g/mol. The Bertz CT molecular complexity index is 2450. The Morgan fingerprint density at radius 3 is 1.93 bits per heavy atom. The van der Waals surface area contributed by atoms with E-state index in [0.29, 0.717) is 0 Å². The van der Waals surface area contributed by atoms with Gasteiger partial charge < -0.3 is 13.9 Å². The molecule has 7 aromatic carbocycles. The number of hydrogen-bond donors (Lipinski definition) is 0. The maximum absolute atomic E-state index is 6.25. The molecule has 9 aromatic rings. The smallest absolute Gasteiger partial charge is 0.136 e. The Hall–Kier alpha value is -5.80. The summed E-state index contributed by atoms with van der Waals surface area (Å²) in [5.41, 5.74) is 8.65. The standard InChI is InChI=1S/C40H26N2O/c1-3-11-29(12-4-1)41(31-20-19-27-24-36-35-16-8-10-18-39(35)43-40(36)25-28(27)23-31)32-21-22-34-33-15-7-9-17-37(33)42(38(34)26-32)30-13-5-2-6-14-30/h1-26H. The average molecular weight is 551 g/mol. The van der Waals surface area contributed by atoms with Crippen LogP contribution in [0.25, 0.3) is 60.2 Å². The number of anilines is 3. The predicted octanol–water partition coefficient (Wildman–Crippen LogP) is 11.3. The number of nitrogens with zero attached hydrogens (tertiary/aromatic N) is 2. The lowest BCUT2D eigenvalue weighted by atomic mass is 10.0. The summed E-state index contributed by atoms with van der Waals surface area (Å²) in [6, 6.07) is 56.1. The third kappa shape index (κ3) is 3.75. The van der Waals surface area contributed by atoms with Crippen LogP contribution >= 0.6 is 0 Å². The summed E-state index contributed by atoms with van der Waals surface area (Å²) >= 11 is 0. The molecule has 3 heteroatoms. The second kappa shape index (κ2) is 9.37. The SMILES string of the molecule is c1ccc(N(c2ccc3cc4c(cc3c2)oc2ccccc24)c2ccc3c4ccccc4n(-c4ccccc4)c3c2)cc1. The number of fused-ring (bicyclic) bond motifs is 7. The third-order valence-corrected chi connectivity index (χ3v) is 8.52. The summed E-state index contributed by atoms with van der Waals surface area (Å²) in [5.74, 6) is 0. The second-order valence-corrected chi connectivity index (χ2v) is 11.0. The van der Waals surface area contributed by atoms with Crippen LogP contribution in [0.2, 0.25) is 0 Å². The van der Waals surface area contributed by atoms with E-state index in [0.717, 1.165) is 50.1 Å². The fourth-order valence-corrected chi connectivity index (χ4v) is 6.57. The minimum Gasteiger partial charge on any atom is -0.456 e. The molecule has 0 spiro atoms. The van der Waals surface area contributed by atoms with Crippen molar-refractivity contribution in [3.63, 3.8) is 0 Å². The molecule has 0 N–H and O–H groups in total. The lowest BCUT2D eigenvalue weighted by Gasteiger charge is -2.26. The van der Waals surface area contributed by atoms with E-state index in [9.17, 15) is 0 Å². The Labute approximate surface area is 248 Å². The molecule has 2 aromatic heterocycles. The maximum Gasteiger partial charge on any atom is 0.136 e. The quantitative estimate of drug-likeness (QED) is 0.217. The molecule has 0 aliphatic heterocycles. The van der Waals surface area contributed by atoms with Crippen molar-refractivity contribution < 1.29 is 4.42 Å². The molecule has 0 fully saturated rings. The maximum atomic E-state index is 6.25. The van der Waals surface area contributed by atoms with E-state index in [1.54, 1.807) is 0 Å². The van der Waals surface area contributed by atoms with Gasteiger partial charge in [0.1, 0.15) is 11.2 Å². The summed E-state index contributed by atoms with van der Waals surface area (Å²) in [5, 5.41) is 7.12. The molecule has 9 rings (SSSR count). The molecular formula is C40H26N2O. The molecule has 43 heavy (non-hydrogen) atoms. The lowest BCUT2D eigenvalue weighted by molar-refractivity contribution is 0.669. The molecule has 0 aliphatic carbocycles. The third-order valence-electron chi connectivity index (χ3n) is 8.52. The highest BCUT2D eigenvalue weighted by Gasteiger charge is 2.18. The molecule has 0 aliphatic rings. The van der Waals surface area contributed by atoms with Gasteiger partial charge in [0.25, 0.3) is 0 Å². The molecule has 2 heterocycles. The molecule has 0 amide bonds. The number of benzene rings is 7. The highest BCUT2D eigenvalue weighted by molar-refractivity contribution is 6.12. The van der Waals surface area contributed by atoms with Gasteiger partial charge in [-0.15, -0.1) is 0 Å². The van der Waals surface area contributed by atoms with Crippen molar-refractivity contribution in [1.82, 2.24) is 4.57 Å². The van der Waals surface area contributed by atoms with E-state index < -0.39 is 0 Å². The number of rotatable bonds is 4. The van der Waals surface area contributed by atoms with Crippen LogP contribution in [-0.2, 0) is 0 Å². The summed E-state index contributed by atoms with van der Waals surface area (Å²) < 4.78 is 8.62. The number of furan rings is 1. The van der Waals surface area contributed by atoms with Crippen LogP contribution in [0.1, 0.15) is 0 Å². The first-order chi connectivity index (χ1) is 21.3. The molecule has 0 radical (unpaired) electrons. The molecule has 0 saturated carbocycles. The molecule has 3 nitrogen and oxygen atoms in total. The minimum atomic E-state index is 0.908. The molecular weight excluding hydrogens is 524 g/mol. The topological polar surface area (TPSA) is 21.3 Å². The van der Waals surface area contributed by atoms with Crippen molar-refractivity contribution >= 4 is 71.6 Å². The molecule has 202 valence electrons. The average Bonchev–Trinajstić information content (AvgIpc) is 3.59. The van der Waals surface area contributed by atoms with Crippen molar-refractivity contribution in [1.29, 1.82) is 0 Å². The van der Waals surface area contributed by atoms with Crippen LogP contribution in [0.15, 0.2) is 162 Å². The van der Waals surface area contributed by atoms with Gasteiger partial charge in [-0.05, 0) is 83.6 Å². The number of para-hydroxylation sites is 4. The van der Waals surface area contributed by atoms with Crippen molar-refractivity contribution in [2.45, 2.75) is 0 Å². The van der Waals surface area contributed by atoms with E-state index in [2.05, 4.69) is 155 Å². The Morgan fingerprint density at radius 1 is 0.395 bits per heavy atom. The largest absolute Gasteiger partial charge is 0.456 e. The first-order valence-electron chi connectivity index (χ1n) is 14.6. The van der Waals surface area contributed by atoms with E-state index in [4.69, 9.17) is 4.42 Å². The van der Waals surface area contributed by atoms with Crippen LogP contribution in [-0.4, -0.2) is 4.57 Å². The zero-order valence-corrected chi connectivity index (χ0v) is 23.3. The second-order valence-electron chi connectivity index (χ2n) is 11.0. The van der Waals surface area contributed by atoms with Crippen LogP contribution in [0.5, 0.6) is 0 Å². The van der Waals surface area contributed by atoms with E-state index >= 15 is 0 Å². The molecule has 0 saturated heterocycles. The highest BCUT2D eigenvalue weighted by atomic mass is 16.3. The number of hydrogen-bond acceptors (Lipinski definition) is 2. The van der Waals surface area contributed by atoms with Gasteiger partial charge in [0, 0.05) is 44.3 Å². The van der Waals surface area contributed by atoms with E-state index in [-0.39, 0.29) is 0 Å². The van der Waals surface area contributed by atoms with Gasteiger partial charge >= 0.3 is 0 Å². The zero-order valence-electron chi connectivity index (χ0n) is 23.3. The minimum absolute atomic E-state index is 0.908. The lowest BCUT2D eigenvalue weighted by Crippen LogP contribution is -2.10. The fourth-order valence-electron chi connectivity index (χ4n) is 6.57. The summed E-state index contributed by atoms with van der Waals surface area (Å²) in [7, 11) is 0. The normalized spacial score (nSPS) is 11.7. The summed E-state index contributed by atoms with van der Waals surface area (Å²) in [4.78, 5) is 2.34. The fraction of sp³-hybridized carbons (Fsp3) is 0. The van der Waals surface area contributed by atoms with Crippen LogP contribution in [0.3, 0.4) is 0 Å². The Morgan fingerprint density at radius 2 is 1.07 bits per heavy atom. The molecule has 0 unspecified atom stereocenters. The Kier molecular flexibility index (Phi) is 5.20. The first kappa shape index (κ1) is 23.9. The number of aromatic nitrogens is 1. The van der Waals surface area contributed by atoms with Gasteiger partial charge in [-0.1, -0.05) is 84.9 Å². The summed E-state index contributed by atoms with van der Waals surface area (Å²) in [6.45, 7) is 0. The van der Waals surface area contributed by atoms with Crippen molar-refractivity contribution in [2.24, 2.45) is 0 Å². The van der Waals surface area contributed by atoms with Gasteiger partial charge in [-0.3, -0.25) is 0 Å². The van der Waals surface area contributed by atoms with Gasteiger partial charge in [0.15, 0.2) is 0 Å². The van der Waals surface area contributed by atoms with Crippen molar-refractivity contribution in [3.8, 4) is 5.69 Å². The van der Waals surface area contributed by atoms with Gasteiger partial charge in [-0.25, -0.2) is 0 Å². The van der Waals surface area contributed by atoms with Gasteiger partial charge in [-0.2, -0.15) is 0 Å². The molecule has 0 bridgehead atoms.